The van der Waals surface area contributed by atoms with Crippen LogP contribution < -0.4 is 14.8 Å². The topological polar surface area (TPSA) is 14.0 Å². The van der Waals surface area contributed by atoms with Crippen molar-refractivity contribution in [1.82, 2.24) is 9.16 Å². The van der Waals surface area contributed by atoms with Crippen molar-refractivity contribution < 1.29 is 3.90 Å². The minimum Gasteiger partial charge on any atom is -0.301 e. The molecule has 0 aliphatic carbocycles. The van der Waals surface area contributed by atoms with Crippen LogP contribution in [0.15, 0.2) is 115 Å². The van der Waals surface area contributed by atoms with Gasteiger partial charge in [-0.1, -0.05) is 84.9 Å². The lowest BCUT2D eigenvalue weighted by molar-refractivity contribution is -0.514. The van der Waals surface area contributed by atoms with Gasteiger partial charge in [0.05, 0.1) is 22.0 Å². The number of fused-ring (bicyclic) bond motifs is 16. The summed E-state index contributed by atoms with van der Waals surface area (Å²) in [5.41, 5.74) is 10.8. The normalized spacial score (nSPS) is 13.5. The molecule has 2 aliphatic heterocycles. The van der Waals surface area contributed by atoms with E-state index in [9.17, 15) is 0 Å². The minimum absolute atomic E-state index is 0.0639. The van der Waals surface area contributed by atoms with Crippen molar-refractivity contribution in [3.63, 3.8) is 0 Å². The van der Waals surface area contributed by atoms with Crippen LogP contribution in [0, 0.1) is 0 Å². The highest BCUT2D eigenvalue weighted by molar-refractivity contribution is 7.26. The number of nitrogens with zero attached hydrogens (tertiary/aromatic N) is 3. The third-order valence-corrected chi connectivity index (χ3v) is 12.2. The SMILES string of the molecule is c1ccc2c3c4c(cc2c1)-c1cccc2c1n([n+]1sc5ccccc5c21)B4c1cccc2c4c5ccccc5sc4n-3c12. The highest BCUT2D eigenvalue weighted by atomic mass is 32.1. The van der Waals surface area contributed by atoms with Crippen LogP contribution in [0.1, 0.15) is 0 Å². The molecule has 0 atom stereocenters. The standard InChI is InChI=1S/C37H19BN3S2/c1-2-10-21-20(9-1)19-27-22-13-7-15-26-33(22)40(41-34(26)24-12-4-6-18-30(24)43-41)38-28-16-8-14-25-31-23-11-3-5-17-29(23)42-37(31)39(35(25)28)36(21)32(27)38/h1-19H/q+1. The van der Waals surface area contributed by atoms with Gasteiger partial charge >= 0.3 is 6.85 Å². The van der Waals surface area contributed by atoms with Crippen LogP contribution in [0.5, 0.6) is 0 Å². The zero-order chi connectivity index (χ0) is 27.6. The Labute approximate surface area is 253 Å². The first-order valence-corrected chi connectivity index (χ1v) is 16.3. The van der Waals surface area contributed by atoms with Crippen LogP contribution >= 0.6 is 22.9 Å². The molecule has 12 rings (SSSR count). The summed E-state index contributed by atoms with van der Waals surface area (Å²) in [6, 6.07) is 43.2. The maximum atomic E-state index is 2.63. The van der Waals surface area contributed by atoms with Crippen molar-refractivity contribution >= 4 is 109 Å². The van der Waals surface area contributed by atoms with E-state index in [0.717, 1.165) is 0 Å². The van der Waals surface area contributed by atoms with Crippen LogP contribution in [0.3, 0.4) is 0 Å². The largest absolute Gasteiger partial charge is 0.409 e. The van der Waals surface area contributed by atoms with E-state index in [2.05, 4.69) is 128 Å². The Morgan fingerprint density at radius 1 is 0.605 bits per heavy atom. The highest BCUT2D eigenvalue weighted by Gasteiger charge is 2.47. The van der Waals surface area contributed by atoms with Gasteiger partial charge in [0.2, 0.25) is 0 Å². The van der Waals surface area contributed by atoms with E-state index in [0.29, 0.717) is 0 Å². The van der Waals surface area contributed by atoms with Gasteiger partial charge in [-0.05, 0) is 56.1 Å². The molecule has 2 aliphatic rings. The fourth-order valence-electron chi connectivity index (χ4n) is 8.40. The van der Waals surface area contributed by atoms with Crippen LogP contribution in [0.2, 0.25) is 0 Å². The van der Waals surface area contributed by atoms with Gasteiger partial charge in [-0.25, -0.2) is 0 Å². The van der Waals surface area contributed by atoms with E-state index < -0.39 is 0 Å². The molecule has 6 aromatic carbocycles. The van der Waals surface area contributed by atoms with Crippen LogP contribution in [-0.4, -0.2) is 16.0 Å². The lowest BCUT2D eigenvalue weighted by atomic mass is 9.46. The molecule has 4 aromatic heterocycles. The lowest BCUT2D eigenvalue weighted by Crippen LogP contribution is -2.60. The molecule has 6 heteroatoms. The third-order valence-electron chi connectivity index (χ3n) is 9.96. The van der Waals surface area contributed by atoms with Gasteiger partial charge in [0.25, 0.3) is 5.52 Å². The van der Waals surface area contributed by atoms with Gasteiger partial charge in [-0.2, -0.15) is 4.59 Å². The molecule has 196 valence electrons. The van der Waals surface area contributed by atoms with Crippen LogP contribution in [0.25, 0.3) is 85.3 Å². The Balaban J connectivity index is 1.39. The van der Waals surface area contributed by atoms with E-state index in [1.807, 2.05) is 22.9 Å². The molecule has 0 spiro atoms. The van der Waals surface area contributed by atoms with E-state index >= 15 is 0 Å². The van der Waals surface area contributed by atoms with Crippen LogP contribution in [0.4, 0.5) is 0 Å². The predicted molar refractivity (Wildman–Crippen MR) is 184 cm³/mol. The zero-order valence-corrected chi connectivity index (χ0v) is 24.3. The summed E-state index contributed by atoms with van der Waals surface area (Å²) in [5, 5.41) is 9.36. The summed E-state index contributed by atoms with van der Waals surface area (Å²) in [4.78, 5) is 1.34. The first-order valence-electron chi connectivity index (χ1n) is 14.7. The number of aromatic nitrogens is 3. The van der Waals surface area contributed by atoms with Crippen molar-refractivity contribution in [1.29, 1.82) is 0 Å². The quantitative estimate of drug-likeness (QED) is 0.128. The average Bonchev–Trinajstić information content (AvgIpc) is 3.79. The summed E-state index contributed by atoms with van der Waals surface area (Å²) in [6.45, 7) is 0.0639. The van der Waals surface area contributed by atoms with Crippen molar-refractivity contribution in [2.24, 2.45) is 0 Å². The molecule has 0 amide bonds. The number of hydrogen-bond acceptors (Lipinski definition) is 2. The number of thiophene rings is 1. The predicted octanol–water partition coefficient (Wildman–Crippen LogP) is 8.01. The number of para-hydroxylation sites is 2. The zero-order valence-electron chi connectivity index (χ0n) is 22.7. The van der Waals surface area contributed by atoms with E-state index in [-0.39, 0.29) is 6.85 Å². The Morgan fingerprint density at radius 3 is 2.28 bits per heavy atom. The Morgan fingerprint density at radius 2 is 1.35 bits per heavy atom. The lowest BCUT2D eigenvalue weighted by Gasteiger charge is -2.31. The molecule has 0 fully saturated rings. The number of rotatable bonds is 0. The number of hydrogen-bond donors (Lipinski definition) is 0. The average molecular weight is 581 g/mol. The third kappa shape index (κ3) is 2.33. The highest BCUT2D eigenvalue weighted by Crippen LogP contribution is 2.46. The maximum Gasteiger partial charge on any atom is 0.409 e. The van der Waals surface area contributed by atoms with Gasteiger partial charge in [0, 0.05) is 31.8 Å². The fourth-order valence-corrected chi connectivity index (χ4v) is 10.8. The second kappa shape index (κ2) is 7.17. The minimum atomic E-state index is 0.0639. The monoisotopic (exact) mass is 580 g/mol. The molecule has 6 heterocycles. The van der Waals surface area contributed by atoms with Gasteiger partial charge in [-0.15, -0.1) is 11.3 Å². The fraction of sp³-hybridized carbons (Fsp3) is 0. The summed E-state index contributed by atoms with van der Waals surface area (Å²) in [7, 11) is 0. The first-order chi connectivity index (χ1) is 21.4. The van der Waals surface area contributed by atoms with Crippen molar-refractivity contribution in [2.75, 3.05) is 0 Å². The molecule has 0 saturated heterocycles. The van der Waals surface area contributed by atoms with Gasteiger partial charge in [-0.3, -0.25) is 0 Å². The molecule has 3 nitrogen and oxygen atoms in total. The molecule has 0 unspecified atom stereocenters. The molecular formula is C37H19BN3S2+. The molecule has 0 radical (unpaired) electrons. The second-order valence-electron chi connectivity index (χ2n) is 11.9. The van der Waals surface area contributed by atoms with E-state index in [1.54, 1.807) is 0 Å². The molecule has 0 N–H and O–H groups in total. The van der Waals surface area contributed by atoms with Crippen molar-refractivity contribution in [3.8, 4) is 16.8 Å². The summed E-state index contributed by atoms with van der Waals surface area (Å²) >= 11 is 3.79. The first kappa shape index (κ1) is 21.7. The van der Waals surface area contributed by atoms with E-state index in [1.165, 1.54) is 96.2 Å². The molecule has 0 bridgehead atoms. The maximum absolute atomic E-state index is 2.63. The molecular weight excluding hydrogens is 561 g/mol. The summed E-state index contributed by atoms with van der Waals surface area (Å²) in [6.07, 6.45) is 0. The van der Waals surface area contributed by atoms with Gasteiger partial charge in [0.1, 0.15) is 15.0 Å². The summed E-state index contributed by atoms with van der Waals surface area (Å²) in [5.74, 6) is 0. The Bertz CT molecular complexity index is 2920. The van der Waals surface area contributed by atoms with Gasteiger partial charge in [0.15, 0.2) is 11.5 Å². The van der Waals surface area contributed by atoms with Gasteiger partial charge < -0.3 is 4.57 Å². The Hall–Kier alpha value is -4.91. The molecule has 0 saturated carbocycles. The molecule has 10 aromatic rings. The Kier molecular flexibility index (Phi) is 3.63. The smallest absolute Gasteiger partial charge is 0.301 e. The van der Waals surface area contributed by atoms with E-state index in [4.69, 9.17) is 0 Å². The number of benzene rings is 6. The second-order valence-corrected chi connectivity index (χ2v) is 13.9. The van der Waals surface area contributed by atoms with Crippen molar-refractivity contribution in [3.05, 3.63) is 115 Å². The van der Waals surface area contributed by atoms with Crippen LogP contribution in [-0.2, 0) is 0 Å². The summed E-state index contributed by atoms with van der Waals surface area (Å²) < 4.78 is 10.4. The van der Waals surface area contributed by atoms with Crippen molar-refractivity contribution in [2.45, 2.75) is 0 Å². The molecule has 43 heavy (non-hydrogen) atoms.